The lowest BCUT2D eigenvalue weighted by molar-refractivity contribution is -0.385. The molecule has 1 atom stereocenters. The fourth-order valence-electron chi connectivity index (χ4n) is 2.03. The Balaban J connectivity index is 2.45. The summed E-state index contributed by atoms with van der Waals surface area (Å²) < 4.78 is 0. The van der Waals surface area contributed by atoms with E-state index in [0.717, 1.165) is 25.1 Å². The van der Waals surface area contributed by atoms with Crippen LogP contribution in [-0.4, -0.2) is 36.0 Å². The summed E-state index contributed by atoms with van der Waals surface area (Å²) in [5.41, 5.74) is 7.02. The van der Waals surface area contributed by atoms with Gasteiger partial charge in [0.05, 0.1) is 4.92 Å². The van der Waals surface area contributed by atoms with Crippen LogP contribution in [0.2, 0.25) is 0 Å². The van der Waals surface area contributed by atoms with Crippen molar-refractivity contribution in [3.8, 4) is 0 Å². The maximum Gasteiger partial charge on any atom is 0.272 e. The lowest BCUT2D eigenvalue weighted by Crippen LogP contribution is -2.32. The van der Waals surface area contributed by atoms with Crippen LogP contribution in [0.15, 0.2) is 24.3 Å². The summed E-state index contributed by atoms with van der Waals surface area (Å²) in [6.07, 6.45) is 1.63. The zero-order valence-electron chi connectivity index (χ0n) is 12.6. The molecule has 0 saturated heterocycles. The van der Waals surface area contributed by atoms with Gasteiger partial charge in [0.1, 0.15) is 0 Å². The SMILES string of the molecule is CC(C)C(N)CCN(C)CCc1ccccc1[N+](=O)[O-]. The third-order valence-electron chi connectivity index (χ3n) is 3.65. The minimum atomic E-state index is -0.315. The molecule has 1 rings (SSSR count). The summed E-state index contributed by atoms with van der Waals surface area (Å²) in [4.78, 5) is 12.8. The maximum atomic E-state index is 10.9. The van der Waals surface area contributed by atoms with Crippen LogP contribution < -0.4 is 5.73 Å². The second-order valence-electron chi connectivity index (χ2n) is 5.64. The molecule has 0 spiro atoms. The molecular formula is C15H25N3O2. The van der Waals surface area contributed by atoms with Crippen molar-refractivity contribution in [2.75, 3.05) is 20.1 Å². The zero-order valence-corrected chi connectivity index (χ0v) is 12.6. The predicted molar refractivity (Wildman–Crippen MR) is 81.7 cm³/mol. The van der Waals surface area contributed by atoms with Crippen LogP contribution in [0.3, 0.4) is 0 Å². The van der Waals surface area contributed by atoms with Crippen LogP contribution in [0.4, 0.5) is 5.69 Å². The largest absolute Gasteiger partial charge is 0.327 e. The van der Waals surface area contributed by atoms with Gasteiger partial charge in [-0.3, -0.25) is 10.1 Å². The topological polar surface area (TPSA) is 72.4 Å². The van der Waals surface area contributed by atoms with E-state index in [9.17, 15) is 10.1 Å². The van der Waals surface area contributed by atoms with Crippen LogP contribution in [0.5, 0.6) is 0 Å². The molecule has 0 fully saturated rings. The van der Waals surface area contributed by atoms with Crippen LogP contribution in [0.1, 0.15) is 25.8 Å². The van der Waals surface area contributed by atoms with Crippen molar-refractivity contribution in [2.24, 2.45) is 11.7 Å². The van der Waals surface area contributed by atoms with Crippen molar-refractivity contribution in [3.63, 3.8) is 0 Å². The van der Waals surface area contributed by atoms with Gasteiger partial charge in [0.25, 0.3) is 5.69 Å². The molecule has 0 aromatic heterocycles. The first-order valence-electron chi connectivity index (χ1n) is 7.08. The number of nitrogens with zero attached hydrogens (tertiary/aromatic N) is 2. The number of nitro groups is 1. The Morgan fingerprint density at radius 2 is 1.95 bits per heavy atom. The van der Waals surface area contributed by atoms with Crippen LogP contribution in [0.25, 0.3) is 0 Å². The number of rotatable bonds is 8. The van der Waals surface area contributed by atoms with E-state index in [1.54, 1.807) is 12.1 Å². The first-order chi connectivity index (χ1) is 9.41. The molecule has 0 amide bonds. The fourth-order valence-corrected chi connectivity index (χ4v) is 2.03. The van der Waals surface area contributed by atoms with Gasteiger partial charge in [-0.25, -0.2) is 0 Å². The Kier molecular flexibility index (Phi) is 6.61. The van der Waals surface area contributed by atoms with Gasteiger partial charge in [0, 0.05) is 24.2 Å². The molecule has 112 valence electrons. The molecule has 0 bridgehead atoms. The van der Waals surface area contributed by atoms with E-state index >= 15 is 0 Å². The van der Waals surface area contributed by atoms with Gasteiger partial charge < -0.3 is 10.6 Å². The van der Waals surface area contributed by atoms with Crippen molar-refractivity contribution in [1.29, 1.82) is 0 Å². The molecule has 0 aliphatic rings. The van der Waals surface area contributed by atoms with Crippen molar-refractivity contribution < 1.29 is 4.92 Å². The Labute approximate surface area is 120 Å². The molecule has 1 unspecified atom stereocenters. The van der Waals surface area contributed by atoms with Gasteiger partial charge in [0.2, 0.25) is 0 Å². The molecule has 5 nitrogen and oxygen atoms in total. The van der Waals surface area contributed by atoms with E-state index < -0.39 is 0 Å². The molecular weight excluding hydrogens is 254 g/mol. The Hall–Kier alpha value is -1.46. The molecule has 1 aromatic rings. The molecule has 0 heterocycles. The molecule has 2 N–H and O–H groups in total. The third kappa shape index (κ3) is 5.27. The average Bonchev–Trinajstić information content (AvgIpc) is 2.42. The summed E-state index contributed by atoms with van der Waals surface area (Å²) in [5, 5.41) is 10.9. The van der Waals surface area contributed by atoms with E-state index in [-0.39, 0.29) is 16.7 Å². The Morgan fingerprint density at radius 1 is 1.30 bits per heavy atom. The molecule has 20 heavy (non-hydrogen) atoms. The highest BCUT2D eigenvalue weighted by molar-refractivity contribution is 5.39. The summed E-state index contributed by atoms with van der Waals surface area (Å²) in [7, 11) is 2.03. The molecule has 5 heteroatoms. The molecule has 0 aliphatic carbocycles. The van der Waals surface area contributed by atoms with Gasteiger partial charge >= 0.3 is 0 Å². The average molecular weight is 279 g/mol. The number of benzene rings is 1. The lowest BCUT2D eigenvalue weighted by atomic mass is 10.0. The number of nitro benzene ring substituents is 1. The maximum absolute atomic E-state index is 10.9. The van der Waals surface area contributed by atoms with E-state index in [0.29, 0.717) is 12.3 Å². The van der Waals surface area contributed by atoms with Gasteiger partial charge in [-0.05, 0) is 32.4 Å². The first-order valence-corrected chi connectivity index (χ1v) is 7.08. The van der Waals surface area contributed by atoms with Crippen molar-refractivity contribution in [1.82, 2.24) is 4.90 Å². The standard InChI is InChI=1S/C15H25N3O2/c1-12(2)14(16)9-11-17(3)10-8-13-6-4-5-7-15(13)18(19)20/h4-7,12,14H,8-11,16H2,1-3H3. The zero-order chi connectivity index (χ0) is 15.1. The second kappa shape index (κ2) is 7.97. The van der Waals surface area contributed by atoms with Crippen LogP contribution >= 0.6 is 0 Å². The van der Waals surface area contributed by atoms with Gasteiger partial charge in [0.15, 0.2) is 0 Å². The third-order valence-corrected chi connectivity index (χ3v) is 3.65. The molecule has 0 aliphatic heterocycles. The smallest absolute Gasteiger partial charge is 0.272 e. The fraction of sp³-hybridized carbons (Fsp3) is 0.600. The van der Waals surface area contributed by atoms with E-state index in [1.165, 1.54) is 0 Å². The number of hydrogen-bond acceptors (Lipinski definition) is 4. The predicted octanol–water partition coefficient (Wildman–Crippen LogP) is 2.44. The molecule has 1 aromatic carbocycles. The number of hydrogen-bond donors (Lipinski definition) is 1. The highest BCUT2D eigenvalue weighted by Crippen LogP contribution is 2.18. The Bertz CT molecular complexity index is 435. The minimum Gasteiger partial charge on any atom is -0.327 e. The van der Waals surface area contributed by atoms with E-state index in [2.05, 4.69) is 18.7 Å². The quantitative estimate of drug-likeness (QED) is 0.586. The summed E-state index contributed by atoms with van der Waals surface area (Å²) in [6, 6.07) is 7.14. The van der Waals surface area contributed by atoms with Crippen LogP contribution in [-0.2, 0) is 6.42 Å². The van der Waals surface area contributed by atoms with E-state index in [4.69, 9.17) is 5.73 Å². The number of para-hydroxylation sites is 1. The van der Waals surface area contributed by atoms with Gasteiger partial charge in [-0.1, -0.05) is 32.0 Å². The summed E-state index contributed by atoms with van der Waals surface area (Å²) in [6.45, 7) is 5.96. The normalized spacial score (nSPS) is 12.9. The second-order valence-corrected chi connectivity index (χ2v) is 5.64. The number of likely N-dealkylation sites (N-methyl/N-ethyl adjacent to an activating group) is 1. The van der Waals surface area contributed by atoms with E-state index in [1.807, 2.05) is 19.2 Å². The van der Waals surface area contributed by atoms with Crippen molar-refractivity contribution in [3.05, 3.63) is 39.9 Å². The Morgan fingerprint density at radius 3 is 2.55 bits per heavy atom. The van der Waals surface area contributed by atoms with Crippen molar-refractivity contribution >= 4 is 5.69 Å². The molecule has 0 saturated carbocycles. The monoisotopic (exact) mass is 279 g/mol. The first kappa shape index (κ1) is 16.6. The van der Waals surface area contributed by atoms with Gasteiger partial charge in [-0.2, -0.15) is 0 Å². The lowest BCUT2D eigenvalue weighted by Gasteiger charge is -2.21. The highest BCUT2D eigenvalue weighted by Gasteiger charge is 2.13. The minimum absolute atomic E-state index is 0.208. The van der Waals surface area contributed by atoms with Crippen LogP contribution in [0, 0.1) is 16.0 Å². The summed E-state index contributed by atoms with van der Waals surface area (Å²) in [5.74, 6) is 0.485. The number of nitrogens with two attached hydrogens (primary N) is 1. The van der Waals surface area contributed by atoms with Gasteiger partial charge in [-0.15, -0.1) is 0 Å². The highest BCUT2D eigenvalue weighted by atomic mass is 16.6. The molecule has 0 radical (unpaired) electrons. The summed E-state index contributed by atoms with van der Waals surface area (Å²) >= 11 is 0. The van der Waals surface area contributed by atoms with Crippen molar-refractivity contribution in [2.45, 2.75) is 32.7 Å².